The van der Waals surface area contributed by atoms with Gasteiger partial charge >= 0.3 is 0 Å². The number of carbonyl (C=O) groups is 1. The first-order chi connectivity index (χ1) is 14.3. The van der Waals surface area contributed by atoms with Gasteiger partial charge in [0.25, 0.3) is 5.91 Å². The highest BCUT2D eigenvalue weighted by Gasteiger charge is 2.53. The monoisotopic (exact) mass is 390 g/mol. The molecule has 5 rings (SSSR count). The first-order valence-electron chi connectivity index (χ1n) is 11.0. The maximum absolute atomic E-state index is 12.7. The third-order valence-electron chi connectivity index (χ3n) is 7.32. The van der Waals surface area contributed by atoms with E-state index >= 15 is 0 Å². The Morgan fingerprint density at radius 1 is 1.14 bits per heavy atom. The van der Waals surface area contributed by atoms with Gasteiger partial charge in [-0.25, -0.2) is 0 Å². The van der Waals surface area contributed by atoms with Crippen LogP contribution in [-0.2, 0) is 4.74 Å². The summed E-state index contributed by atoms with van der Waals surface area (Å²) in [4.78, 5) is 12.7. The van der Waals surface area contributed by atoms with Crippen molar-refractivity contribution in [2.75, 3.05) is 25.6 Å². The molecule has 2 fully saturated rings. The number of methoxy groups -OCH3 is 1. The lowest BCUT2D eigenvalue weighted by molar-refractivity contribution is 0.0948. The Balaban J connectivity index is 1.44. The normalized spacial score (nSPS) is 29.1. The molecule has 2 aliphatic carbocycles. The van der Waals surface area contributed by atoms with Crippen LogP contribution in [0.2, 0.25) is 0 Å². The maximum Gasteiger partial charge on any atom is 0.251 e. The number of amides is 1. The summed E-state index contributed by atoms with van der Waals surface area (Å²) in [5.74, 6) is 2.77. The fourth-order valence-corrected chi connectivity index (χ4v) is 6.14. The fourth-order valence-electron chi connectivity index (χ4n) is 6.14. The highest BCUT2D eigenvalue weighted by molar-refractivity contribution is 5.95. The average molecular weight is 391 g/mol. The molecule has 1 amide bonds. The molecular formula is C25H30N2O2. The molecule has 2 aromatic rings. The summed E-state index contributed by atoms with van der Waals surface area (Å²) in [5.41, 5.74) is 4.74. The Hall–Kier alpha value is -2.33. The Morgan fingerprint density at radius 2 is 1.97 bits per heavy atom. The molecule has 2 saturated carbocycles. The standard InChI is InChI=1S/C25H30N2O2/c1-29-13-5-12-26-25(28)19-10-11-21-20(15-19)22-17-8-9-18(14-17)23(22)24(27-21)16-6-3-2-4-7-16/h2-4,6-7,10-11,15,17-18,22-24,27H,5,8-9,12-14H2,1H3,(H,26,28)/t17-,18-,22-,23-,24-/m0/s1. The lowest BCUT2D eigenvalue weighted by Gasteiger charge is -2.43. The van der Waals surface area contributed by atoms with Crippen molar-refractivity contribution in [3.8, 4) is 0 Å². The molecule has 0 unspecified atom stereocenters. The lowest BCUT2D eigenvalue weighted by atomic mass is 9.68. The molecule has 152 valence electrons. The number of hydrogen-bond donors (Lipinski definition) is 2. The van der Waals surface area contributed by atoms with Crippen molar-refractivity contribution in [3.05, 3.63) is 65.2 Å². The molecule has 4 nitrogen and oxygen atoms in total. The molecule has 0 radical (unpaired) electrons. The third-order valence-corrected chi connectivity index (χ3v) is 7.32. The Labute approximate surface area is 173 Å². The van der Waals surface area contributed by atoms with E-state index in [4.69, 9.17) is 4.74 Å². The predicted molar refractivity (Wildman–Crippen MR) is 115 cm³/mol. The predicted octanol–water partition coefficient (Wildman–Crippen LogP) is 4.75. The Morgan fingerprint density at radius 3 is 2.79 bits per heavy atom. The van der Waals surface area contributed by atoms with Crippen LogP contribution in [0, 0.1) is 17.8 Å². The van der Waals surface area contributed by atoms with E-state index in [-0.39, 0.29) is 5.91 Å². The van der Waals surface area contributed by atoms with Crippen LogP contribution in [0.1, 0.15) is 59.1 Å². The van der Waals surface area contributed by atoms with Crippen molar-refractivity contribution < 1.29 is 9.53 Å². The van der Waals surface area contributed by atoms with Crippen LogP contribution in [0.3, 0.4) is 0 Å². The van der Waals surface area contributed by atoms with Gasteiger partial charge in [-0.05, 0) is 78.7 Å². The van der Waals surface area contributed by atoms with E-state index in [2.05, 4.69) is 53.1 Å². The van der Waals surface area contributed by atoms with Crippen molar-refractivity contribution in [1.82, 2.24) is 5.32 Å². The zero-order chi connectivity index (χ0) is 19.8. The molecule has 0 saturated heterocycles. The number of ether oxygens (including phenoxy) is 1. The number of carbonyl (C=O) groups excluding carboxylic acids is 1. The lowest BCUT2D eigenvalue weighted by Crippen LogP contribution is -2.35. The second kappa shape index (κ2) is 7.83. The van der Waals surface area contributed by atoms with Gasteiger partial charge in [-0.1, -0.05) is 30.3 Å². The van der Waals surface area contributed by atoms with Crippen molar-refractivity contribution in [2.24, 2.45) is 17.8 Å². The van der Waals surface area contributed by atoms with Crippen molar-refractivity contribution in [1.29, 1.82) is 0 Å². The smallest absolute Gasteiger partial charge is 0.251 e. The highest BCUT2D eigenvalue weighted by Crippen LogP contribution is 2.63. The van der Waals surface area contributed by atoms with Crippen molar-refractivity contribution in [3.63, 3.8) is 0 Å². The minimum absolute atomic E-state index is 0.0220. The Bertz CT molecular complexity index is 882. The van der Waals surface area contributed by atoms with E-state index in [1.807, 2.05) is 6.07 Å². The number of rotatable bonds is 6. The molecule has 0 spiro atoms. The van der Waals surface area contributed by atoms with Crippen molar-refractivity contribution in [2.45, 2.75) is 37.6 Å². The maximum atomic E-state index is 12.7. The zero-order valence-electron chi connectivity index (χ0n) is 17.1. The van der Waals surface area contributed by atoms with Gasteiger partial charge in [-0.2, -0.15) is 0 Å². The summed E-state index contributed by atoms with van der Waals surface area (Å²) in [6.07, 6.45) is 4.86. The SMILES string of the molecule is COCCCNC(=O)c1ccc2c(c1)[C@@H]1[C@H]3CC[C@@H](C3)[C@@H]1[C@H](c1ccccc1)N2. The fraction of sp³-hybridized carbons (Fsp3) is 0.480. The highest BCUT2D eigenvalue weighted by atomic mass is 16.5. The van der Waals surface area contributed by atoms with Gasteiger partial charge in [-0.15, -0.1) is 0 Å². The quantitative estimate of drug-likeness (QED) is 0.700. The van der Waals surface area contributed by atoms with Gasteiger partial charge in [0.05, 0.1) is 6.04 Å². The summed E-state index contributed by atoms with van der Waals surface area (Å²) in [5, 5.41) is 6.88. The molecule has 2 bridgehead atoms. The second-order valence-corrected chi connectivity index (χ2v) is 8.87. The molecule has 2 aromatic carbocycles. The summed E-state index contributed by atoms with van der Waals surface area (Å²) < 4.78 is 5.07. The van der Waals surface area contributed by atoms with Gasteiger partial charge in [0.2, 0.25) is 0 Å². The van der Waals surface area contributed by atoms with Gasteiger partial charge < -0.3 is 15.4 Å². The molecule has 1 heterocycles. The van der Waals surface area contributed by atoms with E-state index in [9.17, 15) is 4.79 Å². The molecule has 2 N–H and O–H groups in total. The van der Waals surface area contributed by atoms with Crippen LogP contribution in [0.4, 0.5) is 5.69 Å². The van der Waals surface area contributed by atoms with Crippen LogP contribution in [0.25, 0.3) is 0 Å². The minimum atomic E-state index is 0.0220. The van der Waals surface area contributed by atoms with Crippen LogP contribution < -0.4 is 10.6 Å². The van der Waals surface area contributed by atoms with Gasteiger partial charge in [-0.3, -0.25) is 4.79 Å². The topological polar surface area (TPSA) is 50.4 Å². The first-order valence-corrected chi connectivity index (χ1v) is 11.0. The molecule has 3 aliphatic rings. The summed E-state index contributed by atoms with van der Waals surface area (Å²) in [6, 6.07) is 17.5. The van der Waals surface area contributed by atoms with Crippen LogP contribution in [0.5, 0.6) is 0 Å². The Kier molecular flexibility index (Phi) is 5.04. The van der Waals surface area contributed by atoms with Crippen molar-refractivity contribution >= 4 is 11.6 Å². The van der Waals surface area contributed by atoms with Crippen LogP contribution in [-0.4, -0.2) is 26.2 Å². The second-order valence-electron chi connectivity index (χ2n) is 8.87. The van der Waals surface area contributed by atoms with Gasteiger partial charge in [0.1, 0.15) is 0 Å². The molecule has 4 heteroatoms. The zero-order valence-corrected chi connectivity index (χ0v) is 17.1. The van der Waals surface area contributed by atoms with Crippen LogP contribution in [0.15, 0.2) is 48.5 Å². The molecule has 1 aliphatic heterocycles. The van der Waals surface area contributed by atoms with Gasteiger partial charge in [0.15, 0.2) is 0 Å². The van der Waals surface area contributed by atoms with E-state index in [0.717, 1.165) is 23.8 Å². The van der Waals surface area contributed by atoms with Crippen LogP contribution >= 0.6 is 0 Å². The number of anilines is 1. The van der Waals surface area contributed by atoms with Gasteiger partial charge in [0, 0.05) is 31.5 Å². The number of hydrogen-bond acceptors (Lipinski definition) is 3. The minimum Gasteiger partial charge on any atom is -0.385 e. The number of fused-ring (bicyclic) bond motifs is 7. The molecular weight excluding hydrogens is 360 g/mol. The van der Waals surface area contributed by atoms with E-state index in [1.165, 1.54) is 36.1 Å². The third kappa shape index (κ3) is 3.33. The summed E-state index contributed by atoms with van der Waals surface area (Å²) >= 11 is 0. The summed E-state index contributed by atoms with van der Waals surface area (Å²) in [6.45, 7) is 1.32. The van der Waals surface area contributed by atoms with E-state index in [0.29, 0.717) is 31.0 Å². The van der Waals surface area contributed by atoms with E-state index < -0.39 is 0 Å². The average Bonchev–Trinajstić information content (AvgIpc) is 3.39. The molecule has 0 aromatic heterocycles. The number of benzene rings is 2. The number of nitrogens with one attached hydrogen (secondary N) is 2. The first kappa shape index (κ1) is 18.7. The molecule has 29 heavy (non-hydrogen) atoms. The van der Waals surface area contributed by atoms with E-state index in [1.54, 1.807) is 7.11 Å². The largest absolute Gasteiger partial charge is 0.385 e. The molecule has 5 atom stereocenters. The summed E-state index contributed by atoms with van der Waals surface area (Å²) in [7, 11) is 1.69.